The Balaban J connectivity index is 2.11. The van der Waals surface area contributed by atoms with Crippen molar-refractivity contribution in [2.45, 2.75) is 46.2 Å². The minimum absolute atomic E-state index is 0.103. The Labute approximate surface area is 160 Å². The molecule has 1 amide bonds. The number of nitro groups is 1. The summed E-state index contributed by atoms with van der Waals surface area (Å²) in [6.07, 6.45) is 0.991. The number of nitrogens with zero attached hydrogens (tertiary/aromatic N) is 1. The molecule has 0 aliphatic heterocycles. The maximum absolute atomic E-state index is 12.6. The lowest BCUT2D eigenvalue weighted by Gasteiger charge is -2.23. The lowest BCUT2D eigenvalue weighted by molar-refractivity contribution is -0.718. The molecule has 0 unspecified atom stereocenters. The number of anilines is 1. The average molecular weight is 370 g/mol. The van der Waals surface area contributed by atoms with Crippen molar-refractivity contribution in [1.29, 1.82) is 0 Å². The number of nitrogens with one attached hydrogen (secondary N) is 1. The van der Waals surface area contributed by atoms with E-state index >= 15 is 0 Å². The van der Waals surface area contributed by atoms with E-state index in [0.29, 0.717) is 5.92 Å². The quantitative estimate of drug-likeness (QED) is 0.551. The van der Waals surface area contributed by atoms with Crippen LogP contribution in [0.4, 0.5) is 11.4 Å². The molecule has 0 spiro atoms. The van der Waals surface area contributed by atoms with E-state index in [-0.39, 0.29) is 29.4 Å². The van der Waals surface area contributed by atoms with Crippen LogP contribution in [0, 0.1) is 16.0 Å². The summed E-state index contributed by atoms with van der Waals surface area (Å²) < 4.78 is 0. The second-order valence-electron chi connectivity index (χ2n) is 7.11. The number of nitrogens with two attached hydrogens (primary N) is 1. The van der Waals surface area contributed by atoms with Crippen molar-refractivity contribution in [3.63, 3.8) is 0 Å². The van der Waals surface area contributed by atoms with E-state index in [2.05, 4.69) is 50.4 Å². The summed E-state index contributed by atoms with van der Waals surface area (Å²) in [5.41, 5.74) is 2.57. The molecule has 2 atom stereocenters. The molecule has 0 saturated carbocycles. The molecule has 0 bridgehead atoms. The summed E-state index contributed by atoms with van der Waals surface area (Å²) in [6, 6.07) is 14.4. The van der Waals surface area contributed by atoms with Gasteiger partial charge in [0.2, 0.25) is 0 Å². The Bertz CT molecular complexity index is 788. The number of hydrogen-bond donors (Lipinski definition) is 2. The first-order chi connectivity index (χ1) is 12.8. The molecular formula is C21H28N3O3+. The Kier molecular flexibility index (Phi) is 7.07. The van der Waals surface area contributed by atoms with Gasteiger partial charge in [-0.25, -0.2) is 0 Å². The van der Waals surface area contributed by atoms with Crippen molar-refractivity contribution in [2.75, 3.05) is 5.32 Å². The zero-order valence-electron chi connectivity index (χ0n) is 16.3. The molecule has 2 rings (SSSR count). The second kappa shape index (κ2) is 9.28. The average Bonchev–Trinajstić information content (AvgIpc) is 2.66. The molecule has 6 nitrogen and oxygen atoms in total. The molecule has 0 aliphatic rings. The number of amides is 1. The molecule has 0 saturated heterocycles. The van der Waals surface area contributed by atoms with Gasteiger partial charge in [0.05, 0.1) is 4.92 Å². The number of benzene rings is 2. The van der Waals surface area contributed by atoms with Gasteiger partial charge in [0, 0.05) is 17.5 Å². The van der Waals surface area contributed by atoms with Gasteiger partial charge in [0.15, 0.2) is 6.04 Å². The van der Waals surface area contributed by atoms with Gasteiger partial charge in [-0.3, -0.25) is 14.9 Å². The number of hydrogen-bond acceptors (Lipinski definition) is 3. The number of nitro benzene ring substituents is 1. The third-order valence-electron chi connectivity index (χ3n) is 4.76. The zero-order chi connectivity index (χ0) is 20.0. The van der Waals surface area contributed by atoms with Crippen LogP contribution in [0.1, 0.15) is 44.9 Å². The van der Waals surface area contributed by atoms with E-state index in [9.17, 15) is 14.9 Å². The molecule has 2 aromatic rings. The lowest BCUT2D eigenvalue weighted by atomic mass is 9.94. The van der Waals surface area contributed by atoms with Crippen LogP contribution in [0.2, 0.25) is 0 Å². The standard InChI is InChI=1S/C21H27N3O3/c1-5-16-10-12-17(13-11-16)20(14(2)3)22-15(4)21(25)23-18-8-6-7-9-19(18)24(26)27/h6-15,20,22H,5H2,1-4H3,(H,23,25)/p+1/t15-,20-/m1/s1. The van der Waals surface area contributed by atoms with Crippen molar-refractivity contribution in [3.8, 4) is 0 Å². The number of aryl methyl sites for hydroxylation is 1. The van der Waals surface area contributed by atoms with E-state index in [0.717, 1.165) is 6.42 Å². The Morgan fingerprint density at radius 3 is 2.30 bits per heavy atom. The third-order valence-corrected chi connectivity index (χ3v) is 4.76. The number of para-hydroxylation sites is 2. The second-order valence-corrected chi connectivity index (χ2v) is 7.11. The maximum atomic E-state index is 12.6. The first-order valence-corrected chi connectivity index (χ1v) is 9.31. The van der Waals surface area contributed by atoms with Gasteiger partial charge in [0.25, 0.3) is 11.6 Å². The molecule has 3 N–H and O–H groups in total. The number of quaternary nitrogens is 1. The van der Waals surface area contributed by atoms with Crippen LogP contribution in [0.15, 0.2) is 48.5 Å². The molecule has 27 heavy (non-hydrogen) atoms. The summed E-state index contributed by atoms with van der Waals surface area (Å²) in [5.74, 6) is 0.0823. The van der Waals surface area contributed by atoms with Crippen LogP contribution < -0.4 is 10.6 Å². The van der Waals surface area contributed by atoms with Gasteiger partial charge >= 0.3 is 0 Å². The Morgan fingerprint density at radius 1 is 1.11 bits per heavy atom. The van der Waals surface area contributed by atoms with Gasteiger partial charge in [-0.15, -0.1) is 0 Å². The van der Waals surface area contributed by atoms with Gasteiger partial charge in [-0.2, -0.15) is 0 Å². The van der Waals surface area contributed by atoms with Crippen molar-refractivity contribution >= 4 is 17.3 Å². The van der Waals surface area contributed by atoms with Gasteiger partial charge in [-0.1, -0.05) is 57.2 Å². The summed E-state index contributed by atoms with van der Waals surface area (Å²) in [4.78, 5) is 23.2. The van der Waals surface area contributed by atoms with E-state index in [1.165, 1.54) is 17.2 Å². The molecule has 2 aromatic carbocycles. The summed E-state index contributed by atoms with van der Waals surface area (Å²) in [5, 5.41) is 15.8. The predicted octanol–water partition coefficient (Wildman–Crippen LogP) is 3.44. The molecule has 144 valence electrons. The highest BCUT2D eigenvalue weighted by molar-refractivity contribution is 5.95. The maximum Gasteiger partial charge on any atom is 0.292 e. The van der Waals surface area contributed by atoms with Gasteiger partial charge < -0.3 is 10.6 Å². The SMILES string of the molecule is CCc1ccc([C@H]([NH2+][C@H](C)C(=O)Nc2ccccc2[N+](=O)[O-])C(C)C)cc1. The van der Waals surface area contributed by atoms with E-state index in [1.807, 2.05) is 12.2 Å². The third kappa shape index (κ3) is 5.37. The number of carbonyl (C=O) groups is 1. The van der Waals surface area contributed by atoms with Crippen LogP contribution in [0.25, 0.3) is 0 Å². The molecule has 0 radical (unpaired) electrons. The molecule has 0 aliphatic carbocycles. The molecular weight excluding hydrogens is 342 g/mol. The Morgan fingerprint density at radius 2 is 1.74 bits per heavy atom. The van der Waals surface area contributed by atoms with Crippen LogP contribution in [-0.4, -0.2) is 16.9 Å². The highest BCUT2D eigenvalue weighted by Gasteiger charge is 2.27. The summed E-state index contributed by atoms with van der Waals surface area (Å²) in [6.45, 7) is 8.19. The van der Waals surface area contributed by atoms with Crippen molar-refractivity contribution < 1.29 is 15.0 Å². The van der Waals surface area contributed by atoms with E-state index in [4.69, 9.17) is 0 Å². The first kappa shape index (κ1) is 20.6. The zero-order valence-corrected chi connectivity index (χ0v) is 16.3. The molecule has 6 heteroatoms. The number of carbonyl (C=O) groups excluding carboxylic acids is 1. The Hall–Kier alpha value is -2.73. The van der Waals surface area contributed by atoms with Gasteiger partial charge in [0.1, 0.15) is 11.7 Å². The smallest absolute Gasteiger partial charge is 0.292 e. The first-order valence-electron chi connectivity index (χ1n) is 9.31. The van der Waals surface area contributed by atoms with Crippen LogP contribution in [-0.2, 0) is 11.2 Å². The predicted molar refractivity (Wildman–Crippen MR) is 107 cm³/mol. The summed E-state index contributed by atoms with van der Waals surface area (Å²) in [7, 11) is 0. The van der Waals surface area contributed by atoms with Crippen molar-refractivity contribution in [3.05, 3.63) is 69.8 Å². The minimum atomic E-state index is -0.490. The monoisotopic (exact) mass is 370 g/mol. The van der Waals surface area contributed by atoms with Crippen molar-refractivity contribution in [1.82, 2.24) is 0 Å². The molecule has 0 fully saturated rings. The highest BCUT2D eigenvalue weighted by atomic mass is 16.6. The minimum Gasteiger partial charge on any atom is -0.330 e. The van der Waals surface area contributed by atoms with Crippen LogP contribution in [0.5, 0.6) is 0 Å². The van der Waals surface area contributed by atoms with Crippen LogP contribution >= 0.6 is 0 Å². The fraction of sp³-hybridized carbons (Fsp3) is 0.381. The van der Waals surface area contributed by atoms with Gasteiger partial charge in [-0.05, 0) is 25.0 Å². The van der Waals surface area contributed by atoms with E-state index < -0.39 is 4.92 Å². The topological polar surface area (TPSA) is 88.8 Å². The molecule has 0 heterocycles. The highest BCUT2D eigenvalue weighted by Crippen LogP contribution is 2.23. The van der Waals surface area contributed by atoms with E-state index in [1.54, 1.807) is 18.2 Å². The molecule has 0 aromatic heterocycles. The number of rotatable bonds is 8. The normalized spacial score (nSPS) is 13.2. The largest absolute Gasteiger partial charge is 0.330 e. The van der Waals surface area contributed by atoms with Crippen molar-refractivity contribution in [2.24, 2.45) is 5.92 Å². The summed E-state index contributed by atoms with van der Waals surface area (Å²) >= 11 is 0. The fourth-order valence-electron chi connectivity index (χ4n) is 3.08. The van der Waals surface area contributed by atoms with Crippen LogP contribution in [0.3, 0.4) is 0 Å². The fourth-order valence-corrected chi connectivity index (χ4v) is 3.08. The lowest BCUT2D eigenvalue weighted by Crippen LogP contribution is -2.93.